The lowest BCUT2D eigenvalue weighted by Gasteiger charge is -2.41. The van der Waals surface area contributed by atoms with Gasteiger partial charge in [0.25, 0.3) is 5.91 Å². The highest BCUT2D eigenvalue weighted by molar-refractivity contribution is 6.07. The van der Waals surface area contributed by atoms with Gasteiger partial charge in [-0.25, -0.2) is 4.79 Å². The second-order valence-electron chi connectivity index (χ2n) is 8.37. The van der Waals surface area contributed by atoms with Gasteiger partial charge in [0, 0.05) is 43.8 Å². The first kappa shape index (κ1) is 19.4. The molecule has 31 heavy (non-hydrogen) atoms. The van der Waals surface area contributed by atoms with Gasteiger partial charge in [0.2, 0.25) is 0 Å². The quantitative estimate of drug-likeness (QED) is 0.465. The molecule has 0 saturated carbocycles. The van der Waals surface area contributed by atoms with Crippen molar-refractivity contribution in [3.8, 4) is 0 Å². The molecule has 1 saturated heterocycles. The monoisotopic (exact) mass is 415 g/mol. The number of carbonyl (C=O) groups is 1. The third kappa shape index (κ3) is 3.19. The van der Waals surface area contributed by atoms with E-state index in [0.29, 0.717) is 29.8 Å². The van der Waals surface area contributed by atoms with Crippen molar-refractivity contribution in [1.29, 1.82) is 0 Å². The summed E-state index contributed by atoms with van der Waals surface area (Å²) in [5, 5.41) is 1.27. The average molecular weight is 415 g/mol. The molecule has 0 N–H and O–H groups in total. The molecule has 6 nitrogen and oxygen atoms in total. The topological polar surface area (TPSA) is 58.7 Å². The van der Waals surface area contributed by atoms with Gasteiger partial charge in [0.15, 0.2) is 0 Å². The van der Waals surface area contributed by atoms with Gasteiger partial charge in [-0.15, -0.1) is 0 Å². The summed E-state index contributed by atoms with van der Waals surface area (Å²) in [5.41, 5.74) is 3.77. The van der Waals surface area contributed by atoms with Gasteiger partial charge in [-0.1, -0.05) is 24.3 Å². The number of benzene rings is 2. The highest BCUT2D eigenvalue weighted by atomic mass is 16.4. The normalized spacial score (nSPS) is 16.9. The van der Waals surface area contributed by atoms with Gasteiger partial charge >= 0.3 is 5.63 Å². The Kier molecular flexibility index (Phi) is 4.58. The Labute approximate surface area is 180 Å². The summed E-state index contributed by atoms with van der Waals surface area (Å²) in [6.07, 6.45) is 0. The Balaban J connectivity index is 1.47. The summed E-state index contributed by atoms with van der Waals surface area (Å²) in [6, 6.07) is 17.8. The van der Waals surface area contributed by atoms with E-state index in [9.17, 15) is 9.59 Å². The zero-order valence-electron chi connectivity index (χ0n) is 18.0. The lowest BCUT2D eigenvalue weighted by atomic mass is 10.1. The summed E-state index contributed by atoms with van der Waals surface area (Å²) in [7, 11) is 1.84. The van der Waals surface area contributed by atoms with Crippen LogP contribution in [0.25, 0.3) is 21.9 Å². The Morgan fingerprint density at radius 3 is 2.61 bits per heavy atom. The second kappa shape index (κ2) is 7.30. The highest BCUT2D eigenvalue weighted by Gasteiger charge is 2.29. The first-order chi connectivity index (χ1) is 14.9. The minimum Gasteiger partial charge on any atom is -0.422 e. The molecule has 158 valence electrons. The fourth-order valence-corrected chi connectivity index (χ4v) is 4.69. The minimum absolute atomic E-state index is 0.0575. The molecule has 1 atom stereocenters. The SMILES string of the molecule is Cc1cccc(N2CCN(C(=O)c3cc4c(=O)oc5ccccc5c4n3C)C[C@H]2C)c1. The van der Waals surface area contributed by atoms with Crippen LogP contribution in [0, 0.1) is 6.92 Å². The van der Waals surface area contributed by atoms with Crippen molar-refractivity contribution in [2.45, 2.75) is 19.9 Å². The van der Waals surface area contributed by atoms with Gasteiger partial charge in [-0.05, 0) is 49.7 Å². The fraction of sp³-hybridized carbons (Fsp3) is 0.280. The van der Waals surface area contributed by atoms with E-state index in [2.05, 4.69) is 43.0 Å². The number of aromatic nitrogens is 1. The highest BCUT2D eigenvalue weighted by Crippen LogP contribution is 2.27. The number of aryl methyl sites for hydroxylation is 2. The lowest BCUT2D eigenvalue weighted by Crippen LogP contribution is -2.54. The van der Waals surface area contributed by atoms with Crippen LogP contribution in [0.15, 0.2) is 63.8 Å². The molecule has 5 rings (SSSR count). The molecule has 2 aromatic carbocycles. The Hall–Kier alpha value is -3.54. The molecule has 0 radical (unpaired) electrons. The lowest BCUT2D eigenvalue weighted by molar-refractivity contribution is 0.0717. The molecule has 2 aromatic heterocycles. The van der Waals surface area contributed by atoms with Gasteiger partial charge in [-0.2, -0.15) is 0 Å². The number of para-hydroxylation sites is 1. The first-order valence-corrected chi connectivity index (χ1v) is 10.6. The van der Waals surface area contributed by atoms with Crippen LogP contribution >= 0.6 is 0 Å². The van der Waals surface area contributed by atoms with Crippen molar-refractivity contribution < 1.29 is 9.21 Å². The number of rotatable bonds is 2. The van der Waals surface area contributed by atoms with Gasteiger partial charge in [-0.3, -0.25) is 4.79 Å². The molecule has 1 aliphatic heterocycles. The Morgan fingerprint density at radius 1 is 1.03 bits per heavy atom. The van der Waals surface area contributed by atoms with Gasteiger partial charge in [0.05, 0.1) is 10.9 Å². The van der Waals surface area contributed by atoms with Gasteiger partial charge < -0.3 is 18.8 Å². The van der Waals surface area contributed by atoms with Gasteiger partial charge in [0.1, 0.15) is 11.3 Å². The van der Waals surface area contributed by atoms with Crippen molar-refractivity contribution in [1.82, 2.24) is 9.47 Å². The number of hydrogen-bond acceptors (Lipinski definition) is 4. The fourth-order valence-electron chi connectivity index (χ4n) is 4.69. The number of anilines is 1. The second-order valence-corrected chi connectivity index (χ2v) is 8.37. The molecule has 3 heterocycles. The number of fused-ring (bicyclic) bond motifs is 3. The minimum atomic E-state index is -0.416. The Morgan fingerprint density at radius 2 is 1.84 bits per heavy atom. The first-order valence-electron chi connectivity index (χ1n) is 10.6. The van der Waals surface area contributed by atoms with Crippen LogP contribution in [0.4, 0.5) is 5.69 Å². The zero-order valence-corrected chi connectivity index (χ0v) is 18.0. The van der Waals surface area contributed by atoms with Crippen molar-refractivity contribution in [2.75, 3.05) is 24.5 Å². The maximum atomic E-state index is 13.4. The third-order valence-electron chi connectivity index (χ3n) is 6.26. The van der Waals surface area contributed by atoms with E-state index in [1.807, 2.05) is 34.7 Å². The van der Waals surface area contributed by atoms with Crippen LogP contribution in [-0.2, 0) is 7.05 Å². The Bertz CT molecular complexity index is 1370. The molecule has 4 aromatic rings. The van der Waals surface area contributed by atoms with Crippen LogP contribution in [0.5, 0.6) is 0 Å². The molecule has 0 unspecified atom stereocenters. The molecule has 0 spiro atoms. The summed E-state index contributed by atoms with van der Waals surface area (Å²) in [5.74, 6) is -0.0575. The van der Waals surface area contributed by atoms with E-state index < -0.39 is 5.63 Å². The van der Waals surface area contributed by atoms with Crippen molar-refractivity contribution >= 4 is 33.5 Å². The van der Waals surface area contributed by atoms with E-state index in [1.165, 1.54) is 11.3 Å². The maximum Gasteiger partial charge on any atom is 0.345 e. The molecule has 6 heteroatoms. The number of carbonyl (C=O) groups excluding carboxylic acids is 1. The number of nitrogens with zero attached hydrogens (tertiary/aromatic N) is 3. The number of piperazine rings is 1. The summed E-state index contributed by atoms with van der Waals surface area (Å²) in [4.78, 5) is 30.2. The zero-order chi connectivity index (χ0) is 21.7. The average Bonchev–Trinajstić information content (AvgIpc) is 3.11. The third-order valence-corrected chi connectivity index (χ3v) is 6.26. The van der Waals surface area contributed by atoms with E-state index in [4.69, 9.17) is 4.42 Å². The van der Waals surface area contributed by atoms with Crippen LogP contribution in [0.1, 0.15) is 23.0 Å². The molecular weight excluding hydrogens is 390 g/mol. The van der Waals surface area contributed by atoms with E-state index in [1.54, 1.807) is 12.1 Å². The predicted octanol–water partition coefficient (Wildman–Crippen LogP) is 3.94. The molecule has 1 amide bonds. The van der Waals surface area contributed by atoms with E-state index in [-0.39, 0.29) is 11.9 Å². The standard InChI is InChI=1S/C25H25N3O3/c1-16-7-6-8-18(13-16)28-12-11-27(15-17(28)2)24(29)21-14-20-23(26(21)3)19-9-4-5-10-22(19)31-25(20)30/h4-10,13-14,17H,11-12,15H2,1-3H3/t17-/m1/s1. The molecule has 1 fully saturated rings. The largest absolute Gasteiger partial charge is 0.422 e. The van der Waals surface area contributed by atoms with Crippen LogP contribution in [0.3, 0.4) is 0 Å². The van der Waals surface area contributed by atoms with Crippen LogP contribution < -0.4 is 10.5 Å². The molecule has 0 aliphatic carbocycles. The summed E-state index contributed by atoms with van der Waals surface area (Å²) < 4.78 is 7.29. The molecule has 0 bridgehead atoms. The number of hydrogen-bond donors (Lipinski definition) is 0. The van der Waals surface area contributed by atoms with Crippen molar-refractivity contribution in [2.24, 2.45) is 7.05 Å². The summed E-state index contributed by atoms with van der Waals surface area (Å²) in [6.45, 7) is 6.27. The number of amides is 1. The maximum absolute atomic E-state index is 13.4. The van der Waals surface area contributed by atoms with Crippen molar-refractivity contribution in [3.05, 3.63) is 76.3 Å². The molecule has 1 aliphatic rings. The van der Waals surface area contributed by atoms with Crippen LogP contribution in [0.2, 0.25) is 0 Å². The summed E-state index contributed by atoms with van der Waals surface area (Å²) >= 11 is 0. The smallest absolute Gasteiger partial charge is 0.345 e. The van der Waals surface area contributed by atoms with Crippen molar-refractivity contribution in [3.63, 3.8) is 0 Å². The predicted molar refractivity (Wildman–Crippen MR) is 123 cm³/mol. The van der Waals surface area contributed by atoms with E-state index >= 15 is 0 Å². The van der Waals surface area contributed by atoms with E-state index in [0.717, 1.165) is 17.4 Å². The molecular formula is C25H25N3O3. The van der Waals surface area contributed by atoms with Crippen LogP contribution in [-0.4, -0.2) is 41.1 Å².